The first-order valence-electron chi connectivity index (χ1n) is 12.1. The average Bonchev–Trinajstić information content (AvgIpc) is 3.29. The number of hydrogen-bond donors (Lipinski definition) is 2. The second kappa shape index (κ2) is 11.3. The molecule has 1 aliphatic carbocycles. The predicted octanol–water partition coefficient (Wildman–Crippen LogP) is 3.90. The molecule has 0 aromatic heterocycles. The molecule has 0 spiro atoms. The zero-order chi connectivity index (χ0) is 22.9. The van der Waals surface area contributed by atoms with E-state index in [1.807, 2.05) is 54.6 Å². The minimum absolute atomic E-state index is 0.0594. The zero-order valence-corrected chi connectivity index (χ0v) is 19.2. The molecule has 1 atom stereocenters. The molecule has 2 aromatic rings. The van der Waals surface area contributed by atoms with E-state index in [-0.39, 0.29) is 19.1 Å². The number of benzene rings is 2. The monoisotopic (exact) mass is 450 g/mol. The summed E-state index contributed by atoms with van der Waals surface area (Å²) in [4.78, 5) is 18.3. The van der Waals surface area contributed by atoms with Crippen molar-refractivity contribution in [1.29, 1.82) is 0 Å². The number of aliphatic imine (C=N–C) groups is 1. The van der Waals surface area contributed by atoms with Crippen LogP contribution in [0.2, 0.25) is 0 Å². The number of aliphatic hydroxyl groups excluding tert-OH is 1. The molecule has 0 saturated heterocycles. The first-order chi connectivity index (χ1) is 16.2. The largest absolute Gasteiger partial charge is 0.494 e. The number of carbonyl (C=O) groups is 1. The van der Waals surface area contributed by atoms with Crippen LogP contribution in [0.4, 0.5) is 0 Å². The number of nitrogens with zero attached hydrogens (tertiary/aromatic N) is 1. The molecule has 6 heteroatoms. The number of ether oxygens (including phenoxy) is 2. The van der Waals surface area contributed by atoms with Crippen molar-refractivity contribution in [3.63, 3.8) is 0 Å². The molecule has 2 aromatic carbocycles. The fourth-order valence-electron chi connectivity index (χ4n) is 4.56. The number of amides is 1. The highest BCUT2D eigenvalue weighted by atomic mass is 16.5. The lowest BCUT2D eigenvalue weighted by molar-refractivity contribution is -0.126. The molecule has 1 saturated carbocycles. The zero-order valence-electron chi connectivity index (χ0n) is 19.2. The Bertz CT molecular complexity index is 923. The van der Waals surface area contributed by atoms with E-state index in [2.05, 4.69) is 5.32 Å². The summed E-state index contributed by atoms with van der Waals surface area (Å²) in [7, 11) is 0. The van der Waals surface area contributed by atoms with E-state index in [4.69, 9.17) is 19.6 Å². The lowest BCUT2D eigenvalue weighted by Crippen LogP contribution is -2.49. The fraction of sp³-hybridized carbons (Fsp3) is 0.481. The molecule has 0 bridgehead atoms. The molecule has 1 amide bonds. The van der Waals surface area contributed by atoms with Gasteiger partial charge in [0.05, 0.1) is 6.61 Å². The number of nitrogens with one attached hydrogen (secondary N) is 1. The Morgan fingerprint density at radius 3 is 2.58 bits per heavy atom. The van der Waals surface area contributed by atoms with Gasteiger partial charge in [-0.3, -0.25) is 4.79 Å². The van der Waals surface area contributed by atoms with Gasteiger partial charge in [-0.1, -0.05) is 49.6 Å². The molecule has 2 N–H and O–H groups in total. The summed E-state index contributed by atoms with van der Waals surface area (Å²) in [5.41, 5.74) is 0.910. The number of hydrogen-bond acceptors (Lipinski definition) is 5. The van der Waals surface area contributed by atoms with Crippen molar-refractivity contribution < 1.29 is 19.4 Å². The Hall–Kier alpha value is -2.86. The highest BCUT2D eigenvalue weighted by molar-refractivity contribution is 6.00. The molecular formula is C27H34N2O4. The Kier molecular flexibility index (Phi) is 8.00. The molecule has 0 radical (unpaired) electrons. The summed E-state index contributed by atoms with van der Waals surface area (Å²) in [6.07, 6.45) is 7.26. The minimum atomic E-state index is -0.971. The maximum absolute atomic E-state index is 13.5. The molecule has 1 heterocycles. The van der Waals surface area contributed by atoms with Crippen LogP contribution in [0, 0.1) is 5.92 Å². The molecule has 33 heavy (non-hydrogen) atoms. The lowest BCUT2D eigenvalue weighted by atomic mass is 9.88. The summed E-state index contributed by atoms with van der Waals surface area (Å²) >= 11 is 0. The third kappa shape index (κ3) is 6.14. The summed E-state index contributed by atoms with van der Waals surface area (Å²) in [5.74, 6) is 1.71. The third-order valence-electron chi connectivity index (χ3n) is 6.47. The highest BCUT2D eigenvalue weighted by Gasteiger charge is 2.44. The lowest BCUT2D eigenvalue weighted by Gasteiger charge is -2.26. The van der Waals surface area contributed by atoms with Crippen LogP contribution < -0.4 is 10.1 Å². The smallest absolute Gasteiger partial charge is 0.251 e. The van der Waals surface area contributed by atoms with Crippen LogP contribution in [0.3, 0.4) is 0 Å². The average molecular weight is 451 g/mol. The van der Waals surface area contributed by atoms with Gasteiger partial charge in [0, 0.05) is 31.6 Å². The number of carbonyl (C=O) groups excluding carboxylic acids is 1. The van der Waals surface area contributed by atoms with Crippen LogP contribution in [0.15, 0.2) is 59.6 Å². The van der Waals surface area contributed by atoms with Gasteiger partial charge in [-0.2, -0.15) is 0 Å². The molecule has 2 aliphatic rings. The second-order valence-electron chi connectivity index (χ2n) is 9.06. The van der Waals surface area contributed by atoms with Crippen molar-refractivity contribution >= 4 is 11.8 Å². The number of aliphatic hydroxyl groups is 1. The van der Waals surface area contributed by atoms with Crippen LogP contribution in [0.1, 0.15) is 49.7 Å². The van der Waals surface area contributed by atoms with Gasteiger partial charge in [-0.05, 0) is 48.6 Å². The van der Waals surface area contributed by atoms with Gasteiger partial charge in [0.25, 0.3) is 5.91 Å². The fourth-order valence-corrected chi connectivity index (χ4v) is 4.56. The Morgan fingerprint density at radius 2 is 1.85 bits per heavy atom. The van der Waals surface area contributed by atoms with Gasteiger partial charge >= 0.3 is 0 Å². The molecule has 4 rings (SSSR count). The van der Waals surface area contributed by atoms with Gasteiger partial charge in [0.1, 0.15) is 12.4 Å². The summed E-state index contributed by atoms with van der Waals surface area (Å²) in [5, 5.41) is 12.1. The van der Waals surface area contributed by atoms with Gasteiger partial charge < -0.3 is 19.9 Å². The van der Waals surface area contributed by atoms with Gasteiger partial charge in [0.15, 0.2) is 5.54 Å². The molecule has 1 aliphatic heterocycles. The second-order valence-corrected chi connectivity index (χ2v) is 9.06. The van der Waals surface area contributed by atoms with Crippen molar-refractivity contribution in [2.75, 3.05) is 26.4 Å². The normalized spacial score (nSPS) is 20.7. The molecular weight excluding hydrogens is 416 g/mol. The quantitative estimate of drug-likeness (QED) is 0.538. The van der Waals surface area contributed by atoms with E-state index in [1.54, 1.807) is 0 Å². The van der Waals surface area contributed by atoms with Crippen molar-refractivity contribution in [2.24, 2.45) is 10.9 Å². The molecule has 6 nitrogen and oxygen atoms in total. The molecule has 176 valence electrons. The van der Waals surface area contributed by atoms with Crippen molar-refractivity contribution in [1.82, 2.24) is 5.32 Å². The summed E-state index contributed by atoms with van der Waals surface area (Å²) in [6, 6.07) is 17.5. The van der Waals surface area contributed by atoms with Crippen molar-refractivity contribution in [3.05, 3.63) is 65.7 Å². The van der Waals surface area contributed by atoms with E-state index in [0.29, 0.717) is 37.8 Å². The maximum atomic E-state index is 13.5. The van der Waals surface area contributed by atoms with E-state index < -0.39 is 5.54 Å². The van der Waals surface area contributed by atoms with Crippen molar-refractivity contribution in [3.8, 4) is 5.75 Å². The first-order valence-corrected chi connectivity index (χ1v) is 12.1. The Balaban J connectivity index is 1.50. The highest BCUT2D eigenvalue weighted by Crippen LogP contribution is 2.28. The van der Waals surface area contributed by atoms with E-state index in [0.717, 1.165) is 16.9 Å². The number of rotatable bonds is 10. The SMILES string of the molecule is O=C(NCC1CCCCC1)[C@@]1(Cc2ccccc2)COC(c2ccc(OCCCO)cc2)=N1. The van der Waals surface area contributed by atoms with E-state index >= 15 is 0 Å². The summed E-state index contributed by atoms with van der Waals surface area (Å²) < 4.78 is 11.6. The standard InChI is InChI=1S/C27H34N2O4/c30-16-7-17-32-24-14-12-23(13-15-24)25-29-27(20-33-25,18-21-8-3-1-4-9-21)26(31)28-19-22-10-5-2-6-11-22/h1,3-4,8-9,12-15,22,30H,2,5-7,10-11,16-20H2,(H,28,31)/t27-/m1/s1. The van der Waals surface area contributed by atoms with Crippen molar-refractivity contribution in [2.45, 2.75) is 50.5 Å². The van der Waals surface area contributed by atoms with Gasteiger partial charge in [0.2, 0.25) is 5.90 Å². The van der Waals surface area contributed by atoms with Crippen LogP contribution in [0.25, 0.3) is 0 Å². The van der Waals surface area contributed by atoms with Crippen LogP contribution >= 0.6 is 0 Å². The van der Waals surface area contributed by atoms with E-state index in [9.17, 15) is 4.79 Å². The third-order valence-corrected chi connectivity index (χ3v) is 6.47. The molecule has 1 fully saturated rings. The minimum Gasteiger partial charge on any atom is -0.494 e. The van der Waals surface area contributed by atoms with E-state index in [1.165, 1.54) is 32.1 Å². The molecule has 0 unspecified atom stereocenters. The van der Waals surface area contributed by atoms with Crippen LogP contribution in [0.5, 0.6) is 5.75 Å². The topological polar surface area (TPSA) is 80.2 Å². The van der Waals surface area contributed by atoms with Gasteiger partial charge in [-0.25, -0.2) is 4.99 Å². The first kappa shape index (κ1) is 23.3. The van der Waals surface area contributed by atoms with Crippen LogP contribution in [-0.2, 0) is 16.0 Å². The maximum Gasteiger partial charge on any atom is 0.251 e. The predicted molar refractivity (Wildman–Crippen MR) is 129 cm³/mol. The van der Waals surface area contributed by atoms with Crippen LogP contribution in [-0.4, -0.2) is 48.8 Å². The Labute approximate surface area is 196 Å². The summed E-state index contributed by atoms with van der Waals surface area (Å²) in [6.45, 7) is 1.51. The van der Waals surface area contributed by atoms with Gasteiger partial charge in [-0.15, -0.1) is 0 Å². The Morgan fingerprint density at radius 1 is 1.09 bits per heavy atom.